The Balaban J connectivity index is 2.47. The number of nitrogens with one attached hydrogen (secondary N) is 2. The zero-order valence-electron chi connectivity index (χ0n) is 10.1. The fourth-order valence-corrected chi connectivity index (χ4v) is 1.77. The molecule has 0 aliphatic rings. The molecule has 1 aromatic rings. The first-order valence-electron chi connectivity index (χ1n) is 5.84. The van der Waals surface area contributed by atoms with Gasteiger partial charge in [-0.15, -0.1) is 0 Å². The van der Waals surface area contributed by atoms with E-state index in [1.165, 1.54) is 11.1 Å². The Labute approximate surface area is 102 Å². The van der Waals surface area contributed by atoms with Gasteiger partial charge in [0.2, 0.25) is 6.41 Å². The standard InChI is InChI=1S/C13H20N2O2/c1-14-8-12-5-3-2-4-11(12)6-7-13(17)9-15-10-16/h2-5,10,13-14,17H,6-9H2,1H3,(H,15,16). The van der Waals surface area contributed by atoms with Crippen molar-refractivity contribution in [2.45, 2.75) is 25.5 Å². The van der Waals surface area contributed by atoms with Gasteiger partial charge in [-0.05, 0) is 31.0 Å². The highest BCUT2D eigenvalue weighted by molar-refractivity contribution is 5.45. The van der Waals surface area contributed by atoms with Gasteiger partial charge in [-0.3, -0.25) is 4.79 Å². The molecule has 1 atom stereocenters. The van der Waals surface area contributed by atoms with Crippen LogP contribution in [0.25, 0.3) is 0 Å². The molecule has 0 aromatic heterocycles. The van der Waals surface area contributed by atoms with E-state index < -0.39 is 6.10 Å². The summed E-state index contributed by atoms with van der Waals surface area (Å²) >= 11 is 0. The van der Waals surface area contributed by atoms with Crippen LogP contribution in [0.5, 0.6) is 0 Å². The van der Waals surface area contributed by atoms with Gasteiger partial charge in [-0.1, -0.05) is 24.3 Å². The molecule has 1 aromatic carbocycles. The number of amides is 1. The zero-order valence-corrected chi connectivity index (χ0v) is 10.1. The SMILES string of the molecule is CNCc1ccccc1CCC(O)CNC=O. The number of aliphatic hydroxyl groups is 1. The molecule has 17 heavy (non-hydrogen) atoms. The van der Waals surface area contributed by atoms with Crippen LogP contribution in [0.1, 0.15) is 17.5 Å². The van der Waals surface area contributed by atoms with E-state index >= 15 is 0 Å². The fraction of sp³-hybridized carbons (Fsp3) is 0.462. The van der Waals surface area contributed by atoms with Crippen LogP contribution in [-0.2, 0) is 17.8 Å². The minimum atomic E-state index is -0.483. The molecule has 0 saturated heterocycles. The van der Waals surface area contributed by atoms with Crippen LogP contribution in [-0.4, -0.2) is 31.2 Å². The van der Waals surface area contributed by atoms with Crippen LogP contribution in [0.15, 0.2) is 24.3 Å². The molecule has 0 saturated carbocycles. The maximum absolute atomic E-state index is 10.1. The number of aryl methyl sites for hydroxylation is 1. The summed E-state index contributed by atoms with van der Waals surface area (Å²) in [4.78, 5) is 10.1. The average molecular weight is 236 g/mol. The number of hydrogen-bond donors (Lipinski definition) is 3. The molecule has 4 nitrogen and oxygen atoms in total. The maximum Gasteiger partial charge on any atom is 0.207 e. The third-order valence-electron chi connectivity index (χ3n) is 2.67. The first kappa shape index (κ1) is 13.7. The molecule has 1 amide bonds. The molecule has 0 bridgehead atoms. The molecule has 3 N–H and O–H groups in total. The van der Waals surface area contributed by atoms with Crippen LogP contribution in [0.2, 0.25) is 0 Å². The lowest BCUT2D eigenvalue weighted by atomic mass is 10.0. The lowest BCUT2D eigenvalue weighted by Crippen LogP contribution is -2.26. The molecule has 0 aliphatic heterocycles. The van der Waals surface area contributed by atoms with Crippen molar-refractivity contribution in [2.24, 2.45) is 0 Å². The van der Waals surface area contributed by atoms with E-state index in [0.29, 0.717) is 19.4 Å². The molecule has 0 aliphatic carbocycles. The second-order valence-corrected chi connectivity index (χ2v) is 4.02. The van der Waals surface area contributed by atoms with Gasteiger partial charge in [0, 0.05) is 13.1 Å². The maximum atomic E-state index is 10.1. The van der Waals surface area contributed by atoms with Gasteiger partial charge < -0.3 is 15.7 Å². The highest BCUT2D eigenvalue weighted by Gasteiger charge is 2.06. The van der Waals surface area contributed by atoms with Crippen molar-refractivity contribution in [2.75, 3.05) is 13.6 Å². The Hall–Kier alpha value is -1.39. The molecule has 0 spiro atoms. The topological polar surface area (TPSA) is 61.4 Å². The van der Waals surface area contributed by atoms with Crippen LogP contribution in [0.4, 0.5) is 0 Å². The summed E-state index contributed by atoms with van der Waals surface area (Å²) in [5.74, 6) is 0. The van der Waals surface area contributed by atoms with Crippen LogP contribution >= 0.6 is 0 Å². The molecule has 0 radical (unpaired) electrons. The van der Waals surface area contributed by atoms with Gasteiger partial charge in [-0.2, -0.15) is 0 Å². The van der Waals surface area contributed by atoms with E-state index in [1.807, 2.05) is 19.2 Å². The summed E-state index contributed by atoms with van der Waals surface area (Å²) in [7, 11) is 1.92. The molecule has 1 unspecified atom stereocenters. The highest BCUT2D eigenvalue weighted by atomic mass is 16.3. The quantitative estimate of drug-likeness (QED) is 0.574. The van der Waals surface area contributed by atoms with Crippen LogP contribution in [0, 0.1) is 0 Å². The van der Waals surface area contributed by atoms with Crippen molar-refractivity contribution in [1.82, 2.24) is 10.6 Å². The number of carbonyl (C=O) groups is 1. The number of benzene rings is 1. The van der Waals surface area contributed by atoms with Crippen molar-refractivity contribution in [3.8, 4) is 0 Å². The predicted octanol–water partition coefficient (Wildman–Crippen LogP) is 0.445. The van der Waals surface area contributed by atoms with E-state index in [1.54, 1.807) is 0 Å². The lowest BCUT2D eigenvalue weighted by Gasteiger charge is -2.12. The van der Waals surface area contributed by atoms with E-state index in [2.05, 4.69) is 22.8 Å². The largest absolute Gasteiger partial charge is 0.391 e. The van der Waals surface area contributed by atoms with Gasteiger partial charge >= 0.3 is 0 Å². The summed E-state index contributed by atoms with van der Waals surface area (Å²) in [5.41, 5.74) is 2.50. The third kappa shape index (κ3) is 4.97. The summed E-state index contributed by atoms with van der Waals surface area (Å²) in [5, 5.41) is 15.2. The van der Waals surface area contributed by atoms with E-state index in [9.17, 15) is 9.90 Å². The van der Waals surface area contributed by atoms with E-state index in [0.717, 1.165) is 13.0 Å². The molecular weight excluding hydrogens is 216 g/mol. The minimum absolute atomic E-state index is 0.317. The average Bonchev–Trinajstić information content (AvgIpc) is 2.35. The molecule has 0 heterocycles. The van der Waals surface area contributed by atoms with Crippen molar-refractivity contribution in [1.29, 1.82) is 0 Å². The van der Waals surface area contributed by atoms with Crippen LogP contribution in [0.3, 0.4) is 0 Å². The van der Waals surface area contributed by atoms with Gasteiger partial charge in [-0.25, -0.2) is 0 Å². The third-order valence-corrected chi connectivity index (χ3v) is 2.67. The number of rotatable bonds is 8. The van der Waals surface area contributed by atoms with Crippen molar-refractivity contribution < 1.29 is 9.90 Å². The Kier molecular flexibility index (Phi) is 6.29. The summed E-state index contributed by atoms with van der Waals surface area (Å²) in [6, 6.07) is 8.18. The first-order chi connectivity index (χ1) is 8.27. The highest BCUT2D eigenvalue weighted by Crippen LogP contribution is 2.11. The van der Waals surface area contributed by atoms with Gasteiger partial charge in [0.25, 0.3) is 0 Å². The van der Waals surface area contributed by atoms with E-state index in [-0.39, 0.29) is 0 Å². The molecule has 4 heteroatoms. The number of carbonyl (C=O) groups excluding carboxylic acids is 1. The van der Waals surface area contributed by atoms with Gasteiger partial charge in [0.15, 0.2) is 0 Å². The molecular formula is C13H20N2O2. The predicted molar refractivity (Wildman–Crippen MR) is 67.6 cm³/mol. The van der Waals surface area contributed by atoms with Crippen LogP contribution < -0.4 is 10.6 Å². The summed E-state index contributed by atoms with van der Waals surface area (Å²) in [6.07, 6.45) is 1.60. The van der Waals surface area contributed by atoms with Gasteiger partial charge in [0.05, 0.1) is 6.10 Å². The van der Waals surface area contributed by atoms with Gasteiger partial charge in [0.1, 0.15) is 0 Å². The Morgan fingerprint density at radius 3 is 2.71 bits per heavy atom. The Bertz CT molecular complexity index is 342. The summed E-state index contributed by atoms with van der Waals surface area (Å²) in [6.45, 7) is 1.15. The molecule has 1 rings (SSSR count). The number of aliphatic hydroxyl groups excluding tert-OH is 1. The first-order valence-corrected chi connectivity index (χ1v) is 5.84. The smallest absolute Gasteiger partial charge is 0.207 e. The number of hydrogen-bond acceptors (Lipinski definition) is 3. The Morgan fingerprint density at radius 1 is 1.35 bits per heavy atom. The second-order valence-electron chi connectivity index (χ2n) is 4.02. The molecule has 94 valence electrons. The monoisotopic (exact) mass is 236 g/mol. The van der Waals surface area contributed by atoms with Crippen molar-refractivity contribution in [3.05, 3.63) is 35.4 Å². The minimum Gasteiger partial charge on any atom is -0.391 e. The summed E-state index contributed by atoms with van der Waals surface area (Å²) < 4.78 is 0. The zero-order chi connectivity index (χ0) is 12.5. The van der Waals surface area contributed by atoms with E-state index in [4.69, 9.17) is 0 Å². The fourth-order valence-electron chi connectivity index (χ4n) is 1.77. The normalized spacial score (nSPS) is 12.1. The molecule has 0 fully saturated rings. The van der Waals surface area contributed by atoms with Crippen molar-refractivity contribution in [3.63, 3.8) is 0 Å². The van der Waals surface area contributed by atoms with Crippen molar-refractivity contribution >= 4 is 6.41 Å². The Morgan fingerprint density at radius 2 is 2.06 bits per heavy atom. The second kappa shape index (κ2) is 7.81. The lowest BCUT2D eigenvalue weighted by molar-refractivity contribution is -0.109.